The Hall–Kier alpha value is -1.06. The number of nitrogens with two attached hydrogens (primary N) is 2. The third-order valence-corrected chi connectivity index (χ3v) is 1.31. The summed E-state index contributed by atoms with van der Waals surface area (Å²) in [6.07, 6.45) is -0.971. The van der Waals surface area contributed by atoms with Gasteiger partial charge in [-0.15, -0.1) is 0 Å². The van der Waals surface area contributed by atoms with E-state index in [2.05, 4.69) is 0 Å². The molecule has 0 aliphatic carbocycles. The molecule has 54 valence electrons. The molecule has 3 nitrogen and oxygen atoms in total. The van der Waals surface area contributed by atoms with Crippen LogP contribution in [0.1, 0.15) is 11.8 Å². The normalized spacial score (nSPS) is 13.0. The Morgan fingerprint density at radius 2 is 1.90 bits per heavy atom. The van der Waals surface area contributed by atoms with Gasteiger partial charge in [0.2, 0.25) is 0 Å². The monoisotopic (exact) mass is 138 g/mol. The number of aliphatic hydroxyl groups is 1. The summed E-state index contributed by atoms with van der Waals surface area (Å²) in [5, 5.41) is 8.90. The van der Waals surface area contributed by atoms with Crippen LogP contribution in [0.4, 0.5) is 5.69 Å². The van der Waals surface area contributed by atoms with Gasteiger partial charge in [0.1, 0.15) is 6.23 Å². The third kappa shape index (κ3) is 1.26. The Labute approximate surface area is 59.3 Å². The van der Waals surface area contributed by atoms with Gasteiger partial charge in [0.15, 0.2) is 0 Å². The zero-order valence-corrected chi connectivity index (χ0v) is 5.49. The topological polar surface area (TPSA) is 72.3 Å². The first-order valence-corrected chi connectivity index (χ1v) is 3.00. The maximum Gasteiger partial charge on any atom is 0.130 e. The van der Waals surface area contributed by atoms with Crippen LogP contribution in [0.2, 0.25) is 0 Å². The predicted octanol–water partition coefficient (Wildman–Crippen LogP) is 0.218. The van der Waals surface area contributed by atoms with Crippen molar-refractivity contribution in [1.29, 1.82) is 0 Å². The highest BCUT2D eigenvalue weighted by Gasteiger charge is 2.02. The van der Waals surface area contributed by atoms with Crippen molar-refractivity contribution in [1.82, 2.24) is 0 Å². The second kappa shape index (κ2) is 2.68. The minimum atomic E-state index is -0.971. The van der Waals surface area contributed by atoms with Gasteiger partial charge in [-0.2, -0.15) is 0 Å². The molecule has 0 saturated heterocycles. The average Bonchev–Trinajstić information content (AvgIpc) is 1.88. The summed E-state index contributed by atoms with van der Waals surface area (Å²) in [6, 6.07) is 6.97. The molecule has 5 N–H and O–H groups in total. The number of hydrogen-bond acceptors (Lipinski definition) is 3. The third-order valence-electron chi connectivity index (χ3n) is 1.31. The first-order valence-electron chi connectivity index (χ1n) is 3.00. The molecule has 1 aromatic carbocycles. The van der Waals surface area contributed by atoms with Gasteiger partial charge in [-0.05, 0) is 6.07 Å². The number of para-hydroxylation sites is 1. The summed E-state index contributed by atoms with van der Waals surface area (Å²) in [5.74, 6) is 0. The molecule has 1 aromatic rings. The van der Waals surface area contributed by atoms with E-state index in [1.54, 1.807) is 24.3 Å². The minimum absolute atomic E-state index is 0.525. The van der Waals surface area contributed by atoms with Gasteiger partial charge in [-0.1, -0.05) is 18.2 Å². The van der Waals surface area contributed by atoms with Crippen LogP contribution in [-0.4, -0.2) is 5.11 Å². The van der Waals surface area contributed by atoms with Gasteiger partial charge in [-0.25, -0.2) is 0 Å². The van der Waals surface area contributed by atoms with Gasteiger partial charge in [0.25, 0.3) is 0 Å². The van der Waals surface area contributed by atoms with Crippen LogP contribution in [0.5, 0.6) is 0 Å². The van der Waals surface area contributed by atoms with Crippen LogP contribution in [-0.2, 0) is 0 Å². The van der Waals surface area contributed by atoms with Crippen molar-refractivity contribution in [2.45, 2.75) is 6.23 Å². The van der Waals surface area contributed by atoms with Crippen LogP contribution >= 0.6 is 0 Å². The van der Waals surface area contributed by atoms with Gasteiger partial charge >= 0.3 is 0 Å². The first-order chi connectivity index (χ1) is 4.72. The number of rotatable bonds is 1. The summed E-state index contributed by atoms with van der Waals surface area (Å²) in [4.78, 5) is 0. The summed E-state index contributed by atoms with van der Waals surface area (Å²) in [7, 11) is 0. The molecule has 1 unspecified atom stereocenters. The van der Waals surface area contributed by atoms with Gasteiger partial charge in [-0.3, -0.25) is 0 Å². The van der Waals surface area contributed by atoms with E-state index < -0.39 is 6.23 Å². The van der Waals surface area contributed by atoms with Crippen molar-refractivity contribution in [3.8, 4) is 0 Å². The van der Waals surface area contributed by atoms with Crippen molar-refractivity contribution in [3.05, 3.63) is 29.8 Å². The second-order valence-electron chi connectivity index (χ2n) is 2.07. The van der Waals surface area contributed by atoms with Crippen molar-refractivity contribution in [2.24, 2.45) is 5.73 Å². The highest BCUT2D eigenvalue weighted by molar-refractivity contribution is 5.47. The van der Waals surface area contributed by atoms with E-state index in [-0.39, 0.29) is 0 Å². The number of nitrogen functional groups attached to an aromatic ring is 1. The minimum Gasteiger partial charge on any atom is -0.398 e. The molecule has 0 fully saturated rings. The maximum atomic E-state index is 8.90. The molecular weight excluding hydrogens is 128 g/mol. The lowest BCUT2D eigenvalue weighted by Gasteiger charge is -2.06. The molecule has 1 rings (SSSR count). The lowest BCUT2D eigenvalue weighted by molar-refractivity contribution is 0.187. The lowest BCUT2D eigenvalue weighted by Crippen LogP contribution is -2.10. The Morgan fingerprint density at radius 1 is 1.30 bits per heavy atom. The zero-order valence-electron chi connectivity index (χ0n) is 5.49. The molecule has 0 bridgehead atoms. The van der Waals surface area contributed by atoms with Crippen LogP contribution in [0.15, 0.2) is 24.3 Å². The van der Waals surface area contributed by atoms with E-state index in [4.69, 9.17) is 16.6 Å². The van der Waals surface area contributed by atoms with Gasteiger partial charge in [0.05, 0.1) is 0 Å². The van der Waals surface area contributed by atoms with E-state index >= 15 is 0 Å². The molecule has 3 heteroatoms. The first kappa shape index (κ1) is 7.05. The summed E-state index contributed by atoms with van der Waals surface area (Å²) in [5.41, 5.74) is 11.8. The second-order valence-corrected chi connectivity index (χ2v) is 2.07. The number of hydrogen-bond donors (Lipinski definition) is 3. The predicted molar refractivity (Wildman–Crippen MR) is 40.0 cm³/mol. The molecule has 0 heterocycles. The standard InChI is InChI=1S/C7H10N2O/c8-6-4-2-1-3-5(6)7(9)10/h1-4,7,10H,8-9H2. The molecule has 0 aromatic heterocycles. The van der Waals surface area contributed by atoms with E-state index in [1.807, 2.05) is 0 Å². The molecule has 10 heavy (non-hydrogen) atoms. The zero-order chi connectivity index (χ0) is 7.56. The van der Waals surface area contributed by atoms with Gasteiger partial charge in [0, 0.05) is 11.3 Å². The molecule has 0 radical (unpaired) electrons. The van der Waals surface area contributed by atoms with Crippen LogP contribution < -0.4 is 11.5 Å². The summed E-state index contributed by atoms with van der Waals surface area (Å²) < 4.78 is 0. The highest BCUT2D eigenvalue weighted by Crippen LogP contribution is 2.14. The molecule has 1 atom stereocenters. The number of aliphatic hydroxyl groups excluding tert-OH is 1. The Morgan fingerprint density at radius 3 is 2.30 bits per heavy atom. The smallest absolute Gasteiger partial charge is 0.130 e. The SMILES string of the molecule is Nc1ccccc1C(N)O. The largest absolute Gasteiger partial charge is 0.398 e. The fourth-order valence-corrected chi connectivity index (χ4v) is 0.780. The Bertz CT molecular complexity index is 223. The van der Waals surface area contributed by atoms with Gasteiger partial charge < -0.3 is 16.6 Å². The fraction of sp³-hybridized carbons (Fsp3) is 0.143. The summed E-state index contributed by atoms with van der Waals surface area (Å²) in [6.45, 7) is 0. The van der Waals surface area contributed by atoms with E-state index in [0.717, 1.165) is 0 Å². The summed E-state index contributed by atoms with van der Waals surface area (Å²) >= 11 is 0. The molecule has 0 aliphatic heterocycles. The van der Waals surface area contributed by atoms with Crippen LogP contribution in [0.3, 0.4) is 0 Å². The lowest BCUT2D eigenvalue weighted by atomic mass is 10.1. The fourth-order valence-electron chi connectivity index (χ4n) is 0.780. The van der Waals surface area contributed by atoms with Crippen molar-refractivity contribution in [2.75, 3.05) is 5.73 Å². The number of anilines is 1. The molecule has 0 aliphatic rings. The van der Waals surface area contributed by atoms with Crippen molar-refractivity contribution >= 4 is 5.69 Å². The molecule has 0 spiro atoms. The molecule has 0 saturated carbocycles. The average molecular weight is 138 g/mol. The van der Waals surface area contributed by atoms with Crippen LogP contribution in [0, 0.1) is 0 Å². The molecule has 0 amide bonds. The highest BCUT2D eigenvalue weighted by atomic mass is 16.3. The molecular formula is C7H10N2O. The maximum absolute atomic E-state index is 8.90. The Kier molecular flexibility index (Phi) is 1.89. The number of benzene rings is 1. The van der Waals surface area contributed by atoms with E-state index in [0.29, 0.717) is 11.3 Å². The van der Waals surface area contributed by atoms with Crippen molar-refractivity contribution in [3.63, 3.8) is 0 Å². The van der Waals surface area contributed by atoms with Crippen LogP contribution in [0.25, 0.3) is 0 Å². The van der Waals surface area contributed by atoms with E-state index in [9.17, 15) is 0 Å². The quantitative estimate of drug-likeness (QED) is 0.384. The van der Waals surface area contributed by atoms with E-state index in [1.165, 1.54) is 0 Å². The Balaban J connectivity index is 3.03. The van der Waals surface area contributed by atoms with Crippen molar-refractivity contribution < 1.29 is 5.11 Å².